The Balaban J connectivity index is 2.32. The zero-order valence-electron chi connectivity index (χ0n) is 9.56. The van der Waals surface area contributed by atoms with Gasteiger partial charge in [0.15, 0.2) is 6.23 Å². The van der Waals surface area contributed by atoms with Crippen LogP contribution in [-0.4, -0.2) is 16.4 Å². The molecule has 1 aliphatic rings. The van der Waals surface area contributed by atoms with E-state index in [1.54, 1.807) is 12.3 Å². The summed E-state index contributed by atoms with van der Waals surface area (Å²) in [5, 5.41) is 4.35. The molecule has 17 heavy (non-hydrogen) atoms. The SMILES string of the molecule is C=CCc1cnn(C2CCCCO2)c(=O)c1Cl. The first kappa shape index (κ1) is 12.3. The Morgan fingerprint density at radius 3 is 3.12 bits per heavy atom. The van der Waals surface area contributed by atoms with Crippen molar-refractivity contribution in [2.75, 3.05) is 6.61 Å². The van der Waals surface area contributed by atoms with E-state index in [2.05, 4.69) is 11.7 Å². The molecular weight excluding hydrogens is 240 g/mol. The van der Waals surface area contributed by atoms with Crippen molar-refractivity contribution in [1.29, 1.82) is 0 Å². The van der Waals surface area contributed by atoms with Crippen LogP contribution in [0.2, 0.25) is 5.02 Å². The minimum Gasteiger partial charge on any atom is -0.356 e. The molecule has 1 unspecified atom stereocenters. The average molecular weight is 255 g/mol. The van der Waals surface area contributed by atoms with Crippen LogP contribution in [0.25, 0.3) is 0 Å². The van der Waals surface area contributed by atoms with Crippen molar-refractivity contribution < 1.29 is 4.74 Å². The Hall–Kier alpha value is -1.13. The third-order valence-electron chi connectivity index (χ3n) is 2.81. The first-order valence-electron chi connectivity index (χ1n) is 5.72. The molecule has 2 heterocycles. The minimum atomic E-state index is -0.280. The first-order valence-corrected chi connectivity index (χ1v) is 6.10. The van der Waals surface area contributed by atoms with Crippen molar-refractivity contribution in [2.24, 2.45) is 0 Å². The number of aromatic nitrogens is 2. The predicted molar refractivity (Wildman–Crippen MR) is 66.2 cm³/mol. The van der Waals surface area contributed by atoms with Crippen LogP contribution in [0.3, 0.4) is 0 Å². The number of halogens is 1. The summed E-state index contributed by atoms with van der Waals surface area (Å²) in [7, 11) is 0. The fourth-order valence-electron chi connectivity index (χ4n) is 1.90. The fourth-order valence-corrected chi connectivity index (χ4v) is 2.11. The topological polar surface area (TPSA) is 44.1 Å². The molecule has 4 nitrogen and oxygen atoms in total. The van der Waals surface area contributed by atoms with Crippen LogP contribution in [0.15, 0.2) is 23.6 Å². The highest BCUT2D eigenvalue weighted by Gasteiger charge is 2.19. The van der Waals surface area contributed by atoms with E-state index in [0.717, 1.165) is 19.3 Å². The molecule has 1 aromatic heterocycles. The second-order valence-corrected chi connectivity index (χ2v) is 4.43. The molecule has 0 radical (unpaired) electrons. The number of nitrogens with zero attached hydrogens (tertiary/aromatic N) is 2. The maximum atomic E-state index is 12.0. The highest BCUT2D eigenvalue weighted by molar-refractivity contribution is 6.31. The number of allylic oxidation sites excluding steroid dienone is 1. The zero-order chi connectivity index (χ0) is 12.3. The van der Waals surface area contributed by atoms with E-state index in [1.165, 1.54) is 4.68 Å². The summed E-state index contributed by atoms with van der Waals surface area (Å²) >= 11 is 6.02. The highest BCUT2D eigenvalue weighted by Crippen LogP contribution is 2.21. The maximum Gasteiger partial charge on any atom is 0.288 e. The summed E-state index contributed by atoms with van der Waals surface area (Å²) in [4.78, 5) is 12.0. The summed E-state index contributed by atoms with van der Waals surface area (Å²) in [6, 6.07) is 0. The summed E-state index contributed by atoms with van der Waals surface area (Å²) in [6.45, 7) is 4.29. The van der Waals surface area contributed by atoms with E-state index in [-0.39, 0.29) is 16.8 Å². The van der Waals surface area contributed by atoms with Gasteiger partial charge in [0, 0.05) is 12.2 Å². The Labute approximate surface area is 105 Å². The van der Waals surface area contributed by atoms with Crippen LogP contribution in [-0.2, 0) is 11.2 Å². The number of ether oxygens (including phenoxy) is 1. The van der Waals surface area contributed by atoms with Crippen LogP contribution in [0, 0.1) is 0 Å². The molecule has 0 aliphatic carbocycles. The van der Waals surface area contributed by atoms with Crippen LogP contribution >= 0.6 is 11.6 Å². The molecule has 1 aliphatic heterocycles. The van der Waals surface area contributed by atoms with Crippen molar-refractivity contribution in [1.82, 2.24) is 9.78 Å². The van der Waals surface area contributed by atoms with Gasteiger partial charge in [0.05, 0.1) is 6.20 Å². The van der Waals surface area contributed by atoms with Crippen molar-refractivity contribution in [3.8, 4) is 0 Å². The molecule has 0 saturated carbocycles. The second kappa shape index (κ2) is 5.47. The van der Waals surface area contributed by atoms with Crippen molar-refractivity contribution in [2.45, 2.75) is 31.9 Å². The van der Waals surface area contributed by atoms with Crippen molar-refractivity contribution >= 4 is 11.6 Å². The van der Waals surface area contributed by atoms with Gasteiger partial charge >= 0.3 is 0 Å². The maximum absolute atomic E-state index is 12.0. The van der Waals surface area contributed by atoms with Crippen LogP contribution < -0.4 is 5.56 Å². The largest absolute Gasteiger partial charge is 0.356 e. The number of hydrogen-bond acceptors (Lipinski definition) is 3. The van der Waals surface area contributed by atoms with Crippen molar-refractivity contribution in [3.63, 3.8) is 0 Å². The van der Waals surface area contributed by atoms with Crippen molar-refractivity contribution in [3.05, 3.63) is 39.8 Å². The number of rotatable bonds is 3. The molecule has 0 aromatic carbocycles. The Kier molecular flexibility index (Phi) is 3.97. The van der Waals surface area contributed by atoms with Gasteiger partial charge in [0.2, 0.25) is 0 Å². The third kappa shape index (κ3) is 2.58. The molecule has 5 heteroatoms. The molecule has 0 spiro atoms. The standard InChI is InChI=1S/C12H15ClN2O2/c1-2-5-9-8-14-15(12(16)11(9)13)10-6-3-4-7-17-10/h2,8,10H,1,3-7H2. The molecule has 1 aromatic rings. The van der Waals surface area contributed by atoms with E-state index in [0.29, 0.717) is 18.6 Å². The third-order valence-corrected chi connectivity index (χ3v) is 3.21. The van der Waals surface area contributed by atoms with Gasteiger partial charge in [-0.05, 0) is 25.7 Å². The molecular formula is C12H15ClN2O2. The molecule has 1 saturated heterocycles. The lowest BCUT2D eigenvalue weighted by Crippen LogP contribution is -2.31. The van der Waals surface area contributed by atoms with Gasteiger partial charge in [-0.25, -0.2) is 0 Å². The summed E-state index contributed by atoms with van der Waals surface area (Å²) in [5.41, 5.74) is 0.427. The molecule has 0 N–H and O–H groups in total. The molecule has 1 fully saturated rings. The van der Waals surface area contributed by atoms with E-state index >= 15 is 0 Å². The summed E-state index contributed by atoms with van der Waals surface area (Å²) < 4.78 is 6.86. The Bertz CT molecular complexity index is 464. The summed E-state index contributed by atoms with van der Waals surface area (Å²) in [5.74, 6) is 0. The first-order chi connectivity index (χ1) is 8.24. The summed E-state index contributed by atoms with van der Waals surface area (Å²) in [6.07, 6.45) is 6.48. The van der Waals surface area contributed by atoms with E-state index in [4.69, 9.17) is 16.3 Å². The van der Waals surface area contributed by atoms with E-state index in [9.17, 15) is 4.79 Å². The van der Waals surface area contributed by atoms with Gasteiger partial charge in [0.25, 0.3) is 5.56 Å². The smallest absolute Gasteiger partial charge is 0.288 e. The van der Waals surface area contributed by atoms with Gasteiger partial charge < -0.3 is 4.74 Å². The number of hydrogen-bond donors (Lipinski definition) is 0. The Morgan fingerprint density at radius 1 is 1.65 bits per heavy atom. The predicted octanol–water partition coefficient (Wildman–Crippen LogP) is 2.32. The van der Waals surface area contributed by atoms with E-state index in [1.807, 2.05) is 0 Å². The van der Waals surface area contributed by atoms with Crippen LogP contribution in [0.4, 0.5) is 0 Å². The lowest BCUT2D eigenvalue weighted by molar-refractivity contribution is -0.0425. The van der Waals surface area contributed by atoms with Gasteiger partial charge in [-0.1, -0.05) is 17.7 Å². The zero-order valence-corrected chi connectivity index (χ0v) is 10.3. The van der Waals surface area contributed by atoms with Crippen LogP contribution in [0.1, 0.15) is 31.1 Å². The van der Waals surface area contributed by atoms with Gasteiger partial charge in [0.1, 0.15) is 5.02 Å². The lowest BCUT2D eigenvalue weighted by Gasteiger charge is -2.23. The Morgan fingerprint density at radius 2 is 2.47 bits per heavy atom. The second-order valence-electron chi connectivity index (χ2n) is 4.05. The molecule has 0 amide bonds. The molecule has 92 valence electrons. The average Bonchev–Trinajstić information content (AvgIpc) is 2.36. The monoisotopic (exact) mass is 254 g/mol. The molecule has 1 atom stereocenters. The normalized spacial score (nSPS) is 20.2. The van der Waals surface area contributed by atoms with Gasteiger partial charge in [-0.2, -0.15) is 9.78 Å². The fraction of sp³-hybridized carbons (Fsp3) is 0.500. The minimum absolute atomic E-state index is 0.217. The molecule has 0 bridgehead atoms. The molecule has 2 rings (SSSR count). The van der Waals surface area contributed by atoms with Crippen LogP contribution in [0.5, 0.6) is 0 Å². The van der Waals surface area contributed by atoms with Gasteiger partial charge in [-0.15, -0.1) is 6.58 Å². The van der Waals surface area contributed by atoms with E-state index < -0.39 is 0 Å². The van der Waals surface area contributed by atoms with Gasteiger partial charge in [-0.3, -0.25) is 4.79 Å². The quantitative estimate of drug-likeness (QED) is 0.778. The lowest BCUT2D eigenvalue weighted by atomic mass is 10.2. The highest BCUT2D eigenvalue weighted by atomic mass is 35.5.